The number of hydrogen-bond acceptors (Lipinski definition) is 6. The second kappa shape index (κ2) is 7.70. The highest BCUT2D eigenvalue weighted by molar-refractivity contribution is 9.10. The molecule has 0 aliphatic heterocycles. The molecule has 140 valence electrons. The molecule has 0 atom stereocenters. The predicted octanol–water partition coefficient (Wildman–Crippen LogP) is 3.62. The van der Waals surface area contributed by atoms with E-state index < -0.39 is 4.92 Å². The third-order valence-electron chi connectivity index (χ3n) is 3.94. The fourth-order valence-corrected chi connectivity index (χ4v) is 3.04. The van der Waals surface area contributed by atoms with E-state index in [1.54, 1.807) is 29.1 Å². The van der Waals surface area contributed by atoms with Gasteiger partial charge in [-0.15, -0.1) is 0 Å². The first-order chi connectivity index (χ1) is 12.9. The number of aromatic nitrogens is 4. The van der Waals surface area contributed by atoms with Gasteiger partial charge in [0, 0.05) is 12.2 Å². The molecule has 0 N–H and O–H groups in total. The summed E-state index contributed by atoms with van der Waals surface area (Å²) in [6, 6.07) is 3.44. The second-order valence-corrected chi connectivity index (χ2v) is 6.57. The van der Waals surface area contributed by atoms with Crippen molar-refractivity contribution in [2.24, 2.45) is 0 Å². The summed E-state index contributed by atoms with van der Waals surface area (Å²) in [7, 11) is 0. The van der Waals surface area contributed by atoms with Gasteiger partial charge < -0.3 is 14.5 Å². The van der Waals surface area contributed by atoms with Crippen LogP contribution in [-0.2, 0) is 13.1 Å². The van der Waals surface area contributed by atoms with Crippen LogP contribution in [0.4, 0.5) is 5.82 Å². The second-order valence-electron chi connectivity index (χ2n) is 5.72. The monoisotopic (exact) mass is 433 g/mol. The van der Waals surface area contributed by atoms with Gasteiger partial charge in [0.2, 0.25) is 0 Å². The molecular formula is C17H16BrN5O4. The Morgan fingerprint density at radius 3 is 2.85 bits per heavy atom. The minimum absolute atomic E-state index is 0.156. The number of nitro groups is 1. The molecule has 3 aromatic heterocycles. The molecule has 10 heteroatoms. The van der Waals surface area contributed by atoms with Gasteiger partial charge in [0.25, 0.3) is 0 Å². The van der Waals surface area contributed by atoms with Gasteiger partial charge in [-0.05, 0) is 59.0 Å². The molecule has 0 fully saturated rings. The first-order valence-corrected chi connectivity index (χ1v) is 8.89. The van der Waals surface area contributed by atoms with E-state index in [1.165, 1.54) is 17.0 Å². The normalized spacial score (nSPS) is 11.4. The summed E-state index contributed by atoms with van der Waals surface area (Å²) in [4.78, 5) is 22.6. The molecule has 3 aromatic rings. The summed E-state index contributed by atoms with van der Waals surface area (Å²) in [5.41, 5.74) is 1.37. The molecular weight excluding hydrogens is 418 g/mol. The highest BCUT2D eigenvalue weighted by Gasteiger charge is 2.19. The first kappa shape index (κ1) is 18.8. The van der Waals surface area contributed by atoms with Crippen molar-refractivity contribution in [3.8, 4) is 0 Å². The standard InChI is InChI=1S/C17H16BrN5O4/c1-3-22-11(2)14(8-19-22)16(24)7-6-12-4-5-13(27-12)9-21-10-15(18)17(20-21)23(25)26/h4-8,10H,3,9H2,1-2H3/b7-6+. The van der Waals surface area contributed by atoms with Crippen molar-refractivity contribution < 1.29 is 14.1 Å². The Morgan fingerprint density at radius 1 is 1.44 bits per heavy atom. The van der Waals surface area contributed by atoms with Gasteiger partial charge in [0.05, 0.1) is 23.1 Å². The van der Waals surface area contributed by atoms with Gasteiger partial charge in [-0.1, -0.05) is 0 Å². The van der Waals surface area contributed by atoms with Crippen molar-refractivity contribution in [3.63, 3.8) is 0 Å². The molecule has 0 saturated heterocycles. The Balaban J connectivity index is 1.69. The van der Waals surface area contributed by atoms with Gasteiger partial charge in [-0.2, -0.15) is 9.78 Å². The van der Waals surface area contributed by atoms with Crippen LogP contribution in [0.3, 0.4) is 0 Å². The SMILES string of the molecule is CCn1ncc(C(=O)/C=C/c2ccc(Cn3cc(Br)c([N+](=O)[O-])n3)o2)c1C. The summed E-state index contributed by atoms with van der Waals surface area (Å²) in [6.45, 7) is 4.74. The number of rotatable bonds is 7. The van der Waals surface area contributed by atoms with Crippen LogP contribution in [0.5, 0.6) is 0 Å². The fourth-order valence-electron chi connectivity index (χ4n) is 2.58. The molecule has 0 aliphatic rings. The van der Waals surface area contributed by atoms with Crippen LogP contribution in [0.1, 0.15) is 34.5 Å². The van der Waals surface area contributed by atoms with Crippen LogP contribution in [0.25, 0.3) is 6.08 Å². The highest BCUT2D eigenvalue weighted by atomic mass is 79.9. The van der Waals surface area contributed by atoms with Crippen molar-refractivity contribution in [2.45, 2.75) is 26.9 Å². The van der Waals surface area contributed by atoms with Crippen LogP contribution < -0.4 is 0 Å². The smallest absolute Gasteiger partial charge is 0.404 e. The molecule has 0 aliphatic carbocycles. The number of carbonyl (C=O) groups excluding carboxylic acids is 1. The number of allylic oxidation sites excluding steroid dienone is 1. The van der Waals surface area contributed by atoms with Crippen LogP contribution in [0.2, 0.25) is 0 Å². The maximum Gasteiger partial charge on any atom is 0.404 e. The van der Waals surface area contributed by atoms with Crippen molar-refractivity contribution in [2.75, 3.05) is 0 Å². The zero-order chi connectivity index (χ0) is 19.6. The van der Waals surface area contributed by atoms with E-state index in [0.717, 1.165) is 5.69 Å². The zero-order valence-corrected chi connectivity index (χ0v) is 16.2. The largest absolute Gasteiger partial charge is 0.460 e. The number of furan rings is 1. The maximum atomic E-state index is 12.3. The molecule has 0 saturated carbocycles. The molecule has 0 bridgehead atoms. The average molecular weight is 434 g/mol. The number of nitrogens with zero attached hydrogens (tertiary/aromatic N) is 5. The Hall–Kier alpha value is -3.01. The van der Waals surface area contributed by atoms with E-state index in [9.17, 15) is 14.9 Å². The van der Waals surface area contributed by atoms with Crippen molar-refractivity contribution >= 4 is 33.6 Å². The summed E-state index contributed by atoms with van der Waals surface area (Å²) < 4.78 is 9.10. The summed E-state index contributed by atoms with van der Waals surface area (Å²) >= 11 is 3.10. The van der Waals surface area contributed by atoms with E-state index in [0.29, 0.717) is 28.1 Å². The van der Waals surface area contributed by atoms with E-state index in [1.807, 2.05) is 13.8 Å². The minimum atomic E-state index is -0.564. The first-order valence-electron chi connectivity index (χ1n) is 8.10. The number of carbonyl (C=O) groups is 1. The molecule has 3 heterocycles. The van der Waals surface area contributed by atoms with Crippen molar-refractivity contribution in [1.82, 2.24) is 19.6 Å². The third-order valence-corrected chi connectivity index (χ3v) is 4.50. The molecule has 3 rings (SSSR count). The Kier molecular flexibility index (Phi) is 5.36. The molecule has 0 aromatic carbocycles. The minimum Gasteiger partial charge on any atom is -0.460 e. The summed E-state index contributed by atoms with van der Waals surface area (Å²) in [5, 5.41) is 18.9. The van der Waals surface area contributed by atoms with Crippen LogP contribution in [-0.4, -0.2) is 30.3 Å². The van der Waals surface area contributed by atoms with Crippen molar-refractivity contribution in [1.29, 1.82) is 0 Å². The number of ketones is 1. The van der Waals surface area contributed by atoms with Gasteiger partial charge in [0.1, 0.15) is 22.5 Å². The lowest BCUT2D eigenvalue weighted by atomic mass is 10.1. The van der Waals surface area contributed by atoms with Gasteiger partial charge in [-0.3, -0.25) is 9.48 Å². The molecule has 0 amide bonds. The van der Waals surface area contributed by atoms with E-state index in [2.05, 4.69) is 26.1 Å². The van der Waals surface area contributed by atoms with Crippen molar-refractivity contribution in [3.05, 3.63) is 68.0 Å². The lowest BCUT2D eigenvalue weighted by Crippen LogP contribution is -2.01. The molecule has 0 unspecified atom stereocenters. The average Bonchev–Trinajstić information content (AvgIpc) is 3.32. The maximum absolute atomic E-state index is 12.3. The van der Waals surface area contributed by atoms with E-state index >= 15 is 0 Å². The summed E-state index contributed by atoms with van der Waals surface area (Å²) in [6.07, 6.45) is 6.08. The van der Waals surface area contributed by atoms with E-state index in [-0.39, 0.29) is 18.1 Å². The van der Waals surface area contributed by atoms with Crippen LogP contribution in [0, 0.1) is 17.0 Å². The van der Waals surface area contributed by atoms with E-state index in [4.69, 9.17) is 4.42 Å². The zero-order valence-electron chi connectivity index (χ0n) is 14.6. The van der Waals surface area contributed by atoms with Crippen LogP contribution in [0.15, 0.2) is 39.5 Å². The number of hydrogen-bond donors (Lipinski definition) is 0. The summed E-state index contributed by atoms with van der Waals surface area (Å²) in [5.74, 6) is 0.647. The molecule has 0 radical (unpaired) electrons. The van der Waals surface area contributed by atoms with Gasteiger partial charge in [-0.25, -0.2) is 0 Å². The van der Waals surface area contributed by atoms with Gasteiger partial charge in [0.15, 0.2) is 5.78 Å². The molecule has 27 heavy (non-hydrogen) atoms. The fraction of sp³-hybridized carbons (Fsp3) is 0.235. The van der Waals surface area contributed by atoms with Crippen LogP contribution >= 0.6 is 15.9 Å². The van der Waals surface area contributed by atoms with Gasteiger partial charge >= 0.3 is 5.82 Å². The highest BCUT2D eigenvalue weighted by Crippen LogP contribution is 2.23. The Labute approximate surface area is 162 Å². The lowest BCUT2D eigenvalue weighted by Gasteiger charge is -1.99. The Bertz CT molecular complexity index is 1030. The number of halogens is 1. The Morgan fingerprint density at radius 2 is 2.22 bits per heavy atom. The number of aryl methyl sites for hydroxylation is 1. The third kappa shape index (κ3) is 4.05. The lowest BCUT2D eigenvalue weighted by molar-refractivity contribution is -0.390. The quantitative estimate of drug-likeness (QED) is 0.243. The predicted molar refractivity (Wildman–Crippen MR) is 100 cm³/mol. The molecule has 9 nitrogen and oxygen atoms in total. The molecule has 0 spiro atoms. The topological polar surface area (TPSA) is 109 Å².